The van der Waals surface area contributed by atoms with Gasteiger partial charge in [0.25, 0.3) is 0 Å². The number of fused-ring (bicyclic) bond motifs is 5. The fourth-order valence-electron chi connectivity index (χ4n) is 10.0. The molecule has 1 nitrogen and oxygen atoms in total. The summed E-state index contributed by atoms with van der Waals surface area (Å²) < 4.78 is 0. The Balaban J connectivity index is 1.47. The Kier molecular flexibility index (Phi) is 6.78. The molecule has 0 bridgehead atoms. The zero-order valence-corrected chi connectivity index (χ0v) is 20.8. The van der Waals surface area contributed by atoms with Gasteiger partial charge in [-0.3, -0.25) is 0 Å². The number of carbonyl (C=O) groups excluding carboxylic acids is 1. The molecular formula is C29H50O. The van der Waals surface area contributed by atoms with E-state index in [2.05, 4.69) is 34.6 Å². The lowest BCUT2D eigenvalue weighted by molar-refractivity contribution is -0.133. The van der Waals surface area contributed by atoms with Crippen molar-refractivity contribution in [1.82, 2.24) is 0 Å². The molecule has 1 heteroatoms. The van der Waals surface area contributed by atoms with Crippen LogP contribution in [0, 0.1) is 58.2 Å². The molecule has 0 radical (unpaired) electrons. The third-order valence-electron chi connectivity index (χ3n) is 11.4. The molecular weight excluding hydrogens is 364 g/mol. The lowest BCUT2D eigenvalue weighted by Crippen LogP contribution is -2.54. The number of carbonyl (C=O) groups is 1. The van der Waals surface area contributed by atoms with Gasteiger partial charge >= 0.3 is 0 Å². The van der Waals surface area contributed by atoms with Crippen LogP contribution in [0.3, 0.4) is 0 Å². The van der Waals surface area contributed by atoms with Crippen LogP contribution in [-0.4, -0.2) is 6.29 Å². The Bertz CT molecular complexity index is 595. The molecule has 0 aromatic heterocycles. The van der Waals surface area contributed by atoms with Crippen LogP contribution >= 0.6 is 0 Å². The largest absolute Gasteiger partial charge is 0.303 e. The zero-order valence-electron chi connectivity index (χ0n) is 20.8. The molecule has 0 spiro atoms. The van der Waals surface area contributed by atoms with E-state index in [4.69, 9.17) is 0 Å². The minimum absolute atomic E-state index is 0.525. The minimum Gasteiger partial charge on any atom is -0.303 e. The van der Waals surface area contributed by atoms with Gasteiger partial charge in [-0.2, -0.15) is 0 Å². The molecule has 0 aromatic rings. The smallest absolute Gasteiger partial charge is 0.120 e. The molecule has 172 valence electrons. The summed E-state index contributed by atoms with van der Waals surface area (Å²) >= 11 is 0. The average molecular weight is 415 g/mol. The molecule has 0 aliphatic heterocycles. The van der Waals surface area contributed by atoms with E-state index in [9.17, 15) is 4.79 Å². The van der Waals surface area contributed by atoms with Crippen LogP contribution in [-0.2, 0) is 4.79 Å². The molecule has 4 aliphatic rings. The van der Waals surface area contributed by atoms with Crippen LogP contribution in [0.2, 0.25) is 0 Å². The number of hydrogen-bond donors (Lipinski definition) is 0. The van der Waals surface area contributed by atoms with Gasteiger partial charge in [-0.25, -0.2) is 0 Å². The number of hydrogen-bond acceptors (Lipinski definition) is 1. The van der Waals surface area contributed by atoms with Crippen molar-refractivity contribution in [2.45, 2.75) is 118 Å². The van der Waals surface area contributed by atoms with Crippen LogP contribution in [0.5, 0.6) is 0 Å². The molecule has 0 heterocycles. The molecule has 4 saturated carbocycles. The van der Waals surface area contributed by atoms with Gasteiger partial charge in [0.1, 0.15) is 6.29 Å². The normalized spacial score (nSPS) is 46.7. The van der Waals surface area contributed by atoms with E-state index in [1.807, 2.05) is 0 Å². The standard InChI is InChI=1S/C29H50O/c1-20(2)8-6-9-21(3)24-13-14-26-23-11-12-25-22(16-19-30)10-7-17-28(25,4)27(23)15-18-29(24,26)5/h19-27H,6-18H2,1-5H3/t21?,22?,23-,24+,25?,26-,27-,28-,29+/m0/s1. The summed E-state index contributed by atoms with van der Waals surface area (Å²) in [6.07, 6.45) is 19.3. The van der Waals surface area contributed by atoms with Crippen molar-refractivity contribution < 1.29 is 4.79 Å². The van der Waals surface area contributed by atoms with Crippen molar-refractivity contribution in [3.05, 3.63) is 0 Å². The summed E-state index contributed by atoms with van der Waals surface area (Å²) in [6.45, 7) is 12.7. The van der Waals surface area contributed by atoms with E-state index in [0.717, 1.165) is 47.8 Å². The van der Waals surface area contributed by atoms with Gasteiger partial charge in [-0.15, -0.1) is 0 Å². The van der Waals surface area contributed by atoms with Crippen molar-refractivity contribution in [2.75, 3.05) is 0 Å². The lowest BCUT2D eigenvalue weighted by Gasteiger charge is -2.62. The van der Waals surface area contributed by atoms with Crippen molar-refractivity contribution in [1.29, 1.82) is 0 Å². The highest BCUT2D eigenvalue weighted by atomic mass is 16.1. The fraction of sp³-hybridized carbons (Fsp3) is 0.966. The van der Waals surface area contributed by atoms with Crippen molar-refractivity contribution in [3.63, 3.8) is 0 Å². The van der Waals surface area contributed by atoms with Gasteiger partial charge in [-0.05, 0) is 110 Å². The quantitative estimate of drug-likeness (QED) is 0.383. The van der Waals surface area contributed by atoms with Gasteiger partial charge in [0.05, 0.1) is 0 Å². The van der Waals surface area contributed by atoms with E-state index in [1.165, 1.54) is 83.3 Å². The predicted molar refractivity (Wildman–Crippen MR) is 127 cm³/mol. The zero-order chi connectivity index (χ0) is 21.5. The second-order valence-corrected chi connectivity index (χ2v) is 13.2. The predicted octanol–water partition coefficient (Wildman–Crippen LogP) is 8.31. The molecule has 0 amide bonds. The SMILES string of the molecule is CC(C)CCCC(C)[C@H]1CC[C@H]2[C@@H]3CCC4C(CC=O)CCC[C@]4(C)[C@H]3CC[C@]12C. The first kappa shape index (κ1) is 22.8. The summed E-state index contributed by atoms with van der Waals surface area (Å²) in [5, 5.41) is 0. The number of rotatable bonds is 7. The Morgan fingerprint density at radius 3 is 2.30 bits per heavy atom. The fourth-order valence-corrected chi connectivity index (χ4v) is 10.0. The molecule has 3 unspecified atom stereocenters. The highest BCUT2D eigenvalue weighted by Crippen LogP contribution is 2.69. The first-order chi connectivity index (χ1) is 14.3. The maximum absolute atomic E-state index is 11.3. The molecule has 9 atom stereocenters. The summed E-state index contributed by atoms with van der Waals surface area (Å²) in [5.41, 5.74) is 1.13. The van der Waals surface area contributed by atoms with E-state index in [-0.39, 0.29) is 0 Å². The Morgan fingerprint density at radius 1 is 0.833 bits per heavy atom. The monoisotopic (exact) mass is 414 g/mol. The lowest BCUT2D eigenvalue weighted by atomic mass is 9.43. The van der Waals surface area contributed by atoms with Crippen LogP contribution in [0.15, 0.2) is 0 Å². The maximum atomic E-state index is 11.3. The molecule has 0 N–H and O–H groups in total. The van der Waals surface area contributed by atoms with E-state index >= 15 is 0 Å². The van der Waals surface area contributed by atoms with E-state index in [0.29, 0.717) is 16.7 Å². The van der Waals surface area contributed by atoms with E-state index < -0.39 is 0 Å². The van der Waals surface area contributed by atoms with Gasteiger partial charge < -0.3 is 4.79 Å². The second-order valence-electron chi connectivity index (χ2n) is 13.2. The van der Waals surface area contributed by atoms with Crippen molar-refractivity contribution >= 4 is 6.29 Å². The third-order valence-corrected chi connectivity index (χ3v) is 11.4. The summed E-state index contributed by atoms with van der Waals surface area (Å²) in [6, 6.07) is 0. The maximum Gasteiger partial charge on any atom is 0.120 e. The second kappa shape index (κ2) is 8.90. The highest BCUT2D eigenvalue weighted by molar-refractivity contribution is 5.49. The number of aldehydes is 1. The Hall–Kier alpha value is -0.330. The van der Waals surface area contributed by atoms with Crippen LogP contribution in [0.1, 0.15) is 118 Å². The molecule has 4 aliphatic carbocycles. The minimum atomic E-state index is 0.525. The molecule has 0 aromatic carbocycles. The third kappa shape index (κ3) is 3.83. The average Bonchev–Trinajstić information content (AvgIpc) is 3.05. The summed E-state index contributed by atoms with van der Waals surface area (Å²) in [5.74, 6) is 7.16. The van der Waals surface area contributed by atoms with Crippen molar-refractivity contribution in [2.24, 2.45) is 58.2 Å². The van der Waals surface area contributed by atoms with Crippen LogP contribution in [0.25, 0.3) is 0 Å². The Labute approximate surface area is 187 Å². The van der Waals surface area contributed by atoms with Crippen LogP contribution < -0.4 is 0 Å². The molecule has 30 heavy (non-hydrogen) atoms. The van der Waals surface area contributed by atoms with Gasteiger partial charge in [0.2, 0.25) is 0 Å². The molecule has 4 rings (SSSR count). The Morgan fingerprint density at radius 2 is 1.57 bits per heavy atom. The summed E-state index contributed by atoms with van der Waals surface area (Å²) in [4.78, 5) is 11.3. The van der Waals surface area contributed by atoms with Gasteiger partial charge in [-0.1, -0.05) is 60.3 Å². The topological polar surface area (TPSA) is 17.1 Å². The van der Waals surface area contributed by atoms with Crippen molar-refractivity contribution in [3.8, 4) is 0 Å². The van der Waals surface area contributed by atoms with Gasteiger partial charge in [0.15, 0.2) is 0 Å². The van der Waals surface area contributed by atoms with Gasteiger partial charge in [0, 0.05) is 6.42 Å². The summed E-state index contributed by atoms with van der Waals surface area (Å²) in [7, 11) is 0. The molecule has 0 saturated heterocycles. The first-order valence-corrected chi connectivity index (χ1v) is 13.7. The van der Waals surface area contributed by atoms with Crippen LogP contribution in [0.4, 0.5) is 0 Å². The molecule has 4 fully saturated rings. The first-order valence-electron chi connectivity index (χ1n) is 13.7. The highest BCUT2D eigenvalue weighted by Gasteiger charge is 2.61. The van der Waals surface area contributed by atoms with E-state index in [1.54, 1.807) is 0 Å².